The van der Waals surface area contributed by atoms with Gasteiger partial charge < -0.3 is 14.8 Å². The highest BCUT2D eigenvalue weighted by Crippen LogP contribution is 2.18. The lowest BCUT2D eigenvalue weighted by Crippen LogP contribution is -2.41. The number of hydrogen-bond donors (Lipinski definition) is 2. The fourth-order valence-corrected chi connectivity index (χ4v) is 1.79. The highest BCUT2D eigenvalue weighted by Gasteiger charge is 2.18. The van der Waals surface area contributed by atoms with E-state index in [9.17, 15) is 9.59 Å². The van der Waals surface area contributed by atoms with Gasteiger partial charge in [-0.15, -0.1) is 0 Å². The Labute approximate surface area is 90.8 Å². The van der Waals surface area contributed by atoms with Crippen molar-refractivity contribution in [3.8, 4) is 0 Å². The van der Waals surface area contributed by atoms with Crippen molar-refractivity contribution in [3.05, 3.63) is 18.4 Å². The maximum Gasteiger partial charge on any atom is 0.327 e. The fourth-order valence-electron chi connectivity index (χ4n) is 0.931. The van der Waals surface area contributed by atoms with Crippen LogP contribution in [0.1, 0.15) is 6.92 Å². The van der Waals surface area contributed by atoms with Gasteiger partial charge in [0.15, 0.2) is 5.09 Å². The molecule has 0 saturated heterocycles. The normalized spacial score (nSPS) is 12.1. The van der Waals surface area contributed by atoms with E-state index in [1.807, 2.05) is 0 Å². The second-order valence-electron chi connectivity index (χ2n) is 2.83. The van der Waals surface area contributed by atoms with E-state index >= 15 is 0 Å². The van der Waals surface area contributed by atoms with Crippen LogP contribution in [0.4, 0.5) is 0 Å². The van der Waals surface area contributed by atoms with Crippen molar-refractivity contribution in [2.45, 2.75) is 18.1 Å². The first kappa shape index (κ1) is 11.6. The van der Waals surface area contributed by atoms with Gasteiger partial charge in [0.1, 0.15) is 6.04 Å². The van der Waals surface area contributed by atoms with E-state index in [2.05, 4.69) is 5.32 Å². The van der Waals surface area contributed by atoms with Gasteiger partial charge in [0, 0.05) is 12.7 Å². The highest BCUT2D eigenvalue weighted by atomic mass is 32.2. The molecule has 0 fully saturated rings. The molecule has 1 aromatic heterocycles. The molecular weight excluding hydrogens is 218 g/mol. The van der Waals surface area contributed by atoms with Crippen molar-refractivity contribution in [3.63, 3.8) is 0 Å². The Morgan fingerprint density at radius 3 is 2.87 bits per heavy atom. The third-order valence-electron chi connectivity index (χ3n) is 1.56. The third-order valence-corrected chi connectivity index (χ3v) is 2.58. The van der Waals surface area contributed by atoms with Crippen LogP contribution in [0.15, 0.2) is 27.9 Å². The Kier molecular flexibility index (Phi) is 4.23. The first-order valence-electron chi connectivity index (χ1n) is 4.26. The van der Waals surface area contributed by atoms with E-state index in [1.54, 1.807) is 12.1 Å². The Hall–Kier alpha value is -1.43. The number of amides is 1. The molecule has 6 heteroatoms. The second kappa shape index (κ2) is 5.45. The van der Waals surface area contributed by atoms with Crippen molar-refractivity contribution in [1.82, 2.24) is 5.32 Å². The van der Waals surface area contributed by atoms with Crippen molar-refractivity contribution in [2.75, 3.05) is 5.75 Å². The Bertz CT molecular complexity index is 336. The Morgan fingerprint density at radius 1 is 1.67 bits per heavy atom. The summed E-state index contributed by atoms with van der Waals surface area (Å²) >= 11 is 1.24. The lowest BCUT2D eigenvalue weighted by Gasteiger charge is -2.11. The number of carboxylic acid groups (broad SMARTS) is 1. The first-order chi connectivity index (χ1) is 7.09. The van der Waals surface area contributed by atoms with Crippen LogP contribution in [0, 0.1) is 0 Å². The lowest BCUT2D eigenvalue weighted by atomic mass is 10.3. The summed E-state index contributed by atoms with van der Waals surface area (Å²) < 4.78 is 5.03. The molecule has 5 nitrogen and oxygen atoms in total. The molecule has 0 aromatic carbocycles. The molecular formula is C9H11NO4S. The van der Waals surface area contributed by atoms with Crippen LogP contribution < -0.4 is 5.32 Å². The molecule has 0 aliphatic heterocycles. The zero-order valence-electron chi connectivity index (χ0n) is 8.10. The van der Waals surface area contributed by atoms with Crippen LogP contribution in [0.25, 0.3) is 0 Å². The molecule has 15 heavy (non-hydrogen) atoms. The van der Waals surface area contributed by atoms with Crippen LogP contribution in [0.3, 0.4) is 0 Å². The number of aliphatic carboxylic acids is 1. The predicted molar refractivity (Wildman–Crippen MR) is 54.7 cm³/mol. The minimum atomic E-state index is -1.05. The topological polar surface area (TPSA) is 79.5 Å². The summed E-state index contributed by atoms with van der Waals surface area (Å²) in [6.45, 7) is 1.29. The van der Waals surface area contributed by atoms with Crippen LogP contribution in [0.2, 0.25) is 0 Å². The number of carboxylic acids is 1. The number of nitrogens with one attached hydrogen (secondary N) is 1. The average Bonchev–Trinajstić information content (AvgIpc) is 2.63. The number of carbonyl (C=O) groups excluding carboxylic acids is 1. The molecule has 0 aliphatic rings. The molecule has 1 heterocycles. The minimum Gasteiger partial charge on any atom is -0.480 e. The van der Waals surface area contributed by atoms with Crippen LogP contribution in [-0.4, -0.2) is 28.8 Å². The van der Waals surface area contributed by atoms with Gasteiger partial charge in [0.25, 0.3) is 0 Å². The maximum atomic E-state index is 10.7. The van der Waals surface area contributed by atoms with Crippen LogP contribution in [0.5, 0.6) is 0 Å². The number of rotatable bonds is 5. The van der Waals surface area contributed by atoms with Gasteiger partial charge in [-0.25, -0.2) is 4.79 Å². The van der Waals surface area contributed by atoms with Crippen molar-refractivity contribution in [1.29, 1.82) is 0 Å². The van der Waals surface area contributed by atoms with Crippen molar-refractivity contribution >= 4 is 23.6 Å². The van der Waals surface area contributed by atoms with E-state index in [1.165, 1.54) is 24.9 Å². The molecule has 1 amide bonds. The zero-order chi connectivity index (χ0) is 11.3. The van der Waals surface area contributed by atoms with Gasteiger partial charge in [-0.1, -0.05) is 11.8 Å². The molecule has 1 atom stereocenters. The van der Waals surface area contributed by atoms with Gasteiger partial charge in [-0.05, 0) is 12.1 Å². The summed E-state index contributed by atoms with van der Waals surface area (Å²) in [7, 11) is 0. The fraction of sp³-hybridized carbons (Fsp3) is 0.333. The largest absolute Gasteiger partial charge is 0.480 e. The third kappa shape index (κ3) is 4.07. The van der Waals surface area contributed by atoms with Gasteiger partial charge in [-0.2, -0.15) is 0 Å². The van der Waals surface area contributed by atoms with E-state index in [0.29, 0.717) is 5.09 Å². The molecule has 1 aromatic rings. The maximum absolute atomic E-state index is 10.7. The Balaban J connectivity index is 2.45. The SMILES string of the molecule is CC(=O)NC(CSc1ccco1)C(=O)O. The van der Waals surface area contributed by atoms with Gasteiger partial charge in [0.05, 0.1) is 6.26 Å². The standard InChI is InChI=1S/C9H11NO4S/c1-6(11)10-7(9(12)13)5-15-8-3-2-4-14-8/h2-4,7H,5H2,1H3,(H,10,11)(H,12,13). The summed E-state index contributed by atoms with van der Waals surface area (Å²) in [5, 5.41) is 11.8. The summed E-state index contributed by atoms with van der Waals surface area (Å²) in [5.41, 5.74) is 0. The molecule has 0 aliphatic carbocycles. The molecule has 0 bridgehead atoms. The minimum absolute atomic E-state index is 0.239. The molecule has 82 valence electrons. The second-order valence-corrected chi connectivity index (χ2v) is 3.86. The molecule has 0 radical (unpaired) electrons. The smallest absolute Gasteiger partial charge is 0.327 e. The highest BCUT2D eigenvalue weighted by molar-refractivity contribution is 7.99. The van der Waals surface area contributed by atoms with E-state index in [0.717, 1.165) is 0 Å². The van der Waals surface area contributed by atoms with Crippen LogP contribution in [-0.2, 0) is 9.59 Å². The van der Waals surface area contributed by atoms with Crippen molar-refractivity contribution < 1.29 is 19.1 Å². The Morgan fingerprint density at radius 2 is 2.40 bits per heavy atom. The van der Waals surface area contributed by atoms with Gasteiger partial charge in [0.2, 0.25) is 5.91 Å². The summed E-state index contributed by atoms with van der Waals surface area (Å²) in [6, 6.07) is 2.56. The molecule has 1 unspecified atom stereocenters. The molecule has 1 rings (SSSR count). The number of thioether (sulfide) groups is 1. The predicted octanol–water partition coefficient (Wildman–Crippen LogP) is 0.961. The number of hydrogen-bond acceptors (Lipinski definition) is 4. The molecule has 2 N–H and O–H groups in total. The van der Waals surface area contributed by atoms with Crippen molar-refractivity contribution in [2.24, 2.45) is 0 Å². The number of carbonyl (C=O) groups is 2. The monoisotopic (exact) mass is 229 g/mol. The first-order valence-corrected chi connectivity index (χ1v) is 5.24. The van der Waals surface area contributed by atoms with Gasteiger partial charge in [-0.3, -0.25) is 4.79 Å². The summed E-state index contributed by atoms with van der Waals surface area (Å²) in [5.74, 6) is -1.17. The zero-order valence-corrected chi connectivity index (χ0v) is 8.91. The van der Waals surface area contributed by atoms with E-state index in [4.69, 9.17) is 9.52 Å². The van der Waals surface area contributed by atoms with E-state index in [-0.39, 0.29) is 11.7 Å². The summed E-state index contributed by atoms with van der Waals surface area (Å²) in [4.78, 5) is 21.4. The van der Waals surface area contributed by atoms with Crippen LogP contribution >= 0.6 is 11.8 Å². The van der Waals surface area contributed by atoms with Gasteiger partial charge >= 0.3 is 5.97 Å². The molecule has 0 saturated carbocycles. The summed E-state index contributed by atoms with van der Waals surface area (Å²) in [6.07, 6.45) is 1.51. The quantitative estimate of drug-likeness (QED) is 0.735. The van der Waals surface area contributed by atoms with E-state index < -0.39 is 12.0 Å². The average molecular weight is 229 g/mol. The lowest BCUT2D eigenvalue weighted by molar-refractivity contribution is -0.140. The number of furan rings is 1. The molecule has 0 spiro atoms.